The van der Waals surface area contributed by atoms with Crippen molar-refractivity contribution in [3.63, 3.8) is 0 Å². The Morgan fingerprint density at radius 3 is 2.65 bits per heavy atom. The maximum atomic E-state index is 14.1. The summed E-state index contributed by atoms with van der Waals surface area (Å²) in [6.07, 6.45) is 3.07. The van der Waals surface area contributed by atoms with Crippen molar-refractivity contribution in [3.05, 3.63) is 65.4 Å². The number of hydrogen-bond donors (Lipinski definition) is 0. The summed E-state index contributed by atoms with van der Waals surface area (Å²) in [5, 5.41) is 0.973. The zero-order valence-electron chi connectivity index (χ0n) is 12.1. The van der Waals surface area contributed by atoms with E-state index in [9.17, 15) is 8.78 Å². The Morgan fingerprint density at radius 1 is 1.09 bits per heavy atom. The summed E-state index contributed by atoms with van der Waals surface area (Å²) in [6, 6.07) is 9.53. The number of aromatic nitrogens is 3. The van der Waals surface area contributed by atoms with Gasteiger partial charge in [0, 0.05) is 18.0 Å². The summed E-state index contributed by atoms with van der Waals surface area (Å²) >= 11 is 1.61. The van der Waals surface area contributed by atoms with Gasteiger partial charge >= 0.3 is 0 Å². The van der Waals surface area contributed by atoms with Gasteiger partial charge in [-0.05, 0) is 37.3 Å². The molecule has 4 rings (SSSR count). The molecule has 2 aromatic carbocycles. The molecule has 3 nitrogen and oxygen atoms in total. The van der Waals surface area contributed by atoms with Gasteiger partial charge in [-0.1, -0.05) is 6.07 Å². The predicted octanol–water partition coefficient (Wildman–Crippen LogP) is 4.74. The lowest BCUT2D eigenvalue weighted by Gasteiger charge is -2.10. The van der Waals surface area contributed by atoms with E-state index in [-0.39, 0.29) is 5.69 Å². The number of fused-ring (bicyclic) bond motifs is 1. The molecule has 114 valence electrons. The Hall–Kier alpha value is -2.60. The van der Waals surface area contributed by atoms with Crippen molar-refractivity contribution in [3.8, 4) is 17.1 Å². The average molecular weight is 327 g/mol. The third-order valence-electron chi connectivity index (χ3n) is 3.57. The molecule has 0 spiro atoms. The van der Waals surface area contributed by atoms with Crippen LogP contribution in [0.3, 0.4) is 0 Å². The first-order valence-electron chi connectivity index (χ1n) is 6.99. The van der Waals surface area contributed by atoms with Crippen LogP contribution in [0.1, 0.15) is 5.01 Å². The van der Waals surface area contributed by atoms with Crippen LogP contribution < -0.4 is 0 Å². The molecule has 0 saturated heterocycles. The van der Waals surface area contributed by atoms with E-state index >= 15 is 0 Å². The summed E-state index contributed by atoms with van der Waals surface area (Å²) in [4.78, 5) is 8.72. The standard InChI is InChI=1S/C17H11F2N3S/c1-10-21-14-9-11(5-6-15(14)23-10)17-20-7-8-22(17)16-12(18)3-2-4-13(16)19/h2-9H,1H3. The Morgan fingerprint density at radius 2 is 1.87 bits per heavy atom. The minimum absolute atomic E-state index is 0.130. The third kappa shape index (κ3) is 2.31. The van der Waals surface area contributed by atoms with Gasteiger partial charge in [0.25, 0.3) is 0 Å². The van der Waals surface area contributed by atoms with Crippen LogP contribution in [0.2, 0.25) is 0 Å². The maximum Gasteiger partial charge on any atom is 0.150 e. The summed E-state index contributed by atoms with van der Waals surface area (Å²) in [5.74, 6) is -0.786. The largest absolute Gasteiger partial charge is 0.294 e. The molecule has 0 saturated carbocycles. The normalized spacial score (nSPS) is 11.3. The van der Waals surface area contributed by atoms with E-state index < -0.39 is 11.6 Å². The number of para-hydroxylation sites is 1. The van der Waals surface area contributed by atoms with E-state index in [0.717, 1.165) is 20.8 Å². The summed E-state index contributed by atoms with van der Waals surface area (Å²) in [5.41, 5.74) is 1.48. The lowest BCUT2D eigenvalue weighted by atomic mass is 10.2. The van der Waals surface area contributed by atoms with Crippen molar-refractivity contribution in [1.29, 1.82) is 0 Å². The number of benzene rings is 2. The molecule has 0 atom stereocenters. The van der Waals surface area contributed by atoms with Crippen LogP contribution in [-0.4, -0.2) is 14.5 Å². The first-order valence-corrected chi connectivity index (χ1v) is 7.80. The fourth-order valence-corrected chi connectivity index (χ4v) is 3.41. The van der Waals surface area contributed by atoms with Crippen molar-refractivity contribution in [2.45, 2.75) is 6.92 Å². The predicted molar refractivity (Wildman–Crippen MR) is 86.8 cm³/mol. The molecule has 2 aromatic heterocycles. The van der Waals surface area contributed by atoms with Crippen LogP contribution in [0.5, 0.6) is 0 Å². The van der Waals surface area contributed by atoms with Crippen molar-refractivity contribution < 1.29 is 8.78 Å². The van der Waals surface area contributed by atoms with Gasteiger partial charge < -0.3 is 0 Å². The molecule has 0 bridgehead atoms. The molecule has 0 unspecified atom stereocenters. The third-order valence-corrected chi connectivity index (χ3v) is 4.52. The second-order valence-electron chi connectivity index (χ2n) is 5.11. The summed E-state index contributed by atoms with van der Waals surface area (Å²) < 4.78 is 30.6. The van der Waals surface area contributed by atoms with Gasteiger partial charge in [0.15, 0.2) is 0 Å². The average Bonchev–Trinajstić information content (AvgIpc) is 3.11. The van der Waals surface area contributed by atoms with Crippen LogP contribution >= 0.6 is 11.3 Å². The fraction of sp³-hybridized carbons (Fsp3) is 0.0588. The molecular weight excluding hydrogens is 316 g/mol. The zero-order valence-corrected chi connectivity index (χ0v) is 12.9. The number of hydrogen-bond acceptors (Lipinski definition) is 3. The lowest BCUT2D eigenvalue weighted by Crippen LogP contribution is -2.02. The van der Waals surface area contributed by atoms with Gasteiger partial charge in [-0.25, -0.2) is 18.7 Å². The molecule has 0 aliphatic heterocycles. The number of imidazole rings is 1. The van der Waals surface area contributed by atoms with Gasteiger partial charge in [0.1, 0.15) is 23.1 Å². The Bertz CT molecular complexity index is 1000. The van der Waals surface area contributed by atoms with Crippen molar-refractivity contribution >= 4 is 21.6 Å². The lowest BCUT2D eigenvalue weighted by molar-refractivity contribution is 0.570. The van der Waals surface area contributed by atoms with Crippen LogP contribution in [-0.2, 0) is 0 Å². The molecule has 0 fully saturated rings. The van der Waals surface area contributed by atoms with Crippen LogP contribution in [0.25, 0.3) is 27.3 Å². The number of nitrogens with zero attached hydrogens (tertiary/aromatic N) is 3. The first kappa shape index (κ1) is 14.0. The van der Waals surface area contributed by atoms with E-state index in [2.05, 4.69) is 9.97 Å². The van der Waals surface area contributed by atoms with E-state index in [0.29, 0.717) is 5.82 Å². The SMILES string of the molecule is Cc1nc2cc(-c3nccn3-c3c(F)cccc3F)ccc2s1. The van der Waals surface area contributed by atoms with Crippen LogP contribution in [0, 0.1) is 18.6 Å². The van der Waals surface area contributed by atoms with E-state index in [4.69, 9.17) is 0 Å². The highest BCUT2D eigenvalue weighted by Gasteiger charge is 2.16. The van der Waals surface area contributed by atoms with Gasteiger partial charge in [0.05, 0.1) is 15.2 Å². The highest BCUT2D eigenvalue weighted by atomic mass is 32.1. The zero-order chi connectivity index (χ0) is 16.0. The van der Waals surface area contributed by atoms with Gasteiger partial charge in [-0.3, -0.25) is 4.57 Å². The second kappa shape index (κ2) is 5.24. The molecule has 23 heavy (non-hydrogen) atoms. The first-order chi connectivity index (χ1) is 11.1. The maximum absolute atomic E-state index is 14.1. The molecule has 2 heterocycles. The quantitative estimate of drug-likeness (QED) is 0.532. The van der Waals surface area contributed by atoms with Crippen LogP contribution in [0.15, 0.2) is 48.8 Å². The molecule has 0 aliphatic rings. The number of rotatable bonds is 2. The Labute approximate surface area is 134 Å². The number of halogens is 2. The number of thiazole rings is 1. The van der Waals surface area contributed by atoms with Crippen LogP contribution in [0.4, 0.5) is 8.78 Å². The fourth-order valence-electron chi connectivity index (χ4n) is 2.60. The molecular formula is C17H11F2N3S. The minimum Gasteiger partial charge on any atom is -0.294 e. The van der Waals surface area contributed by atoms with E-state index in [1.807, 2.05) is 25.1 Å². The highest BCUT2D eigenvalue weighted by molar-refractivity contribution is 7.18. The van der Waals surface area contributed by atoms with Crippen molar-refractivity contribution in [2.24, 2.45) is 0 Å². The van der Waals surface area contributed by atoms with Gasteiger partial charge in [0.2, 0.25) is 0 Å². The molecule has 6 heteroatoms. The van der Waals surface area contributed by atoms with Gasteiger partial charge in [-0.15, -0.1) is 11.3 Å². The number of aryl methyl sites for hydroxylation is 1. The van der Waals surface area contributed by atoms with Crippen molar-refractivity contribution in [1.82, 2.24) is 14.5 Å². The topological polar surface area (TPSA) is 30.7 Å². The molecule has 0 amide bonds. The highest BCUT2D eigenvalue weighted by Crippen LogP contribution is 2.29. The van der Waals surface area contributed by atoms with Crippen molar-refractivity contribution in [2.75, 3.05) is 0 Å². The molecule has 0 radical (unpaired) electrons. The van der Waals surface area contributed by atoms with Gasteiger partial charge in [-0.2, -0.15) is 0 Å². The Balaban J connectivity index is 1.91. The smallest absolute Gasteiger partial charge is 0.150 e. The molecule has 4 aromatic rings. The summed E-state index contributed by atoms with van der Waals surface area (Å²) in [6.45, 7) is 1.94. The monoisotopic (exact) mass is 327 g/mol. The molecule has 0 aliphatic carbocycles. The van der Waals surface area contributed by atoms with E-state index in [1.54, 1.807) is 17.5 Å². The second-order valence-corrected chi connectivity index (χ2v) is 6.34. The van der Waals surface area contributed by atoms with E-state index in [1.165, 1.54) is 29.0 Å². The Kier molecular flexibility index (Phi) is 3.20. The summed E-state index contributed by atoms with van der Waals surface area (Å²) in [7, 11) is 0. The molecule has 0 N–H and O–H groups in total. The minimum atomic E-state index is -0.630.